The summed E-state index contributed by atoms with van der Waals surface area (Å²) in [7, 11) is 3.17. The maximum Gasteiger partial charge on any atom is 0.319 e. The molecule has 0 spiro atoms. The van der Waals surface area contributed by atoms with Gasteiger partial charge in [-0.3, -0.25) is 0 Å². The van der Waals surface area contributed by atoms with Gasteiger partial charge in [0.25, 0.3) is 0 Å². The van der Waals surface area contributed by atoms with Gasteiger partial charge in [0.05, 0.1) is 25.9 Å². The van der Waals surface area contributed by atoms with E-state index in [0.29, 0.717) is 18.0 Å². The largest absolute Gasteiger partial charge is 0.497 e. The third kappa shape index (κ3) is 5.08. The van der Waals surface area contributed by atoms with Crippen LogP contribution in [0.4, 0.5) is 10.5 Å². The summed E-state index contributed by atoms with van der Waals surface area (Å²) in [4.78, 5) is 12.0. The first-order valence-corrected chi connectivity index (χ1v) is 7.59. The SMILES string of the molecule is COc1ccc(OCC(C)NC(=O)Nc2ccccc2OC)cc1. The van der Waals surface area contributed by atoms with Crippen molar-refractivity contribution in [3.05, 3.63) is 48.5 Å². The van der Waals surface area contributed by atoms with Crippen LogP contribution in [0, 0.1) is 0 Å². The molecule has 0 aliphatic rings. The highest BCUT2D eigenvalue weighted by molar-refractivity contribution is 5.91. The van der Waals surface area contributed by atoms with Crippen molar-refractivity contribution in [1.82, 2.24) is 5.32 Å². The molecule has 0 bridgehead atoms. The number of para-hydroxylation sites is 2. The van der Waals surface area contributed by atoms with Crippen LogP contribution in [-0.2, 0) is 0 Å². The van der Waals surface area contributed by atoms with E-state index in [-0.39, 0.29) is 12.1 Å². The zero-order valence-electron chi connectivity index (χ0n) is 14.0. The fourth-order valence-corrected chi connectivity index (χ4v) is 2.06. The standard InChI is InChI=1S/C18H22N2O4/c1-13(12-24-15-10-8-14(22-2)9-11-15)19-18(21)20-16-6-4-5-7-17(16)23-3/h4-11,13H,12H2,1-3H3,(H2,19,20,21). The number of carbonyl (C=O) groups excluding carboxylic acids is 1. The number of hydrogen-bond donors (Lipinski definition) is 2. The summed E-state index contributed by atoms with van der Waals surface area (Å²) >= 11 is 0. The molecule has 0 aromatic heterocycles. The van der Waals surface area contributed by atoms with Crippen LogP contribution in [-0.4, -0.2) is 32.9 Å². The Bertz CT molecular complexity index is 658. The molecule has 0 fully saturated rings. The topological polar surface area (TPSA) is 68.8 Å². The number of anilines is 1. The first-order chi connectivity index (χ1) is 11.6. The molecule has 6 heteroatoms. The number of carbonyl (C=O) groups is 1. The van der Waals surface area contributed by atoms with E-state index >= 15 is 0 Å². The summed E-state index contributed by atoms with van der Waals surface area (Å²) in [5.74, 6) is 2.09. The molecule has 0 radical (unpaired) electrons. The van der Waals surface area contributed by atoms with Crippen molar-refractivity contribution in [2.45, 2.75) is 13.0 Å². The Morgan fingerprint density at radius 2 is 1.67 bits per heavy atom. The van der Waals surface area contributed by atoms with Gasteiger partial charge in [-0.2, -0.15) is 0 Å². The van der Waals surface area contributed by atoms with E-state index in [1.54, 1.807) is 26.4 Å². The summed E-state index contributed by atoms with van der Waals surface area (Å²) in [6.07, 6.45) is 0. The smallest absolute Gasteiger partial charge is 0.319 e. The molecule has 0 aliphatic carbocycles. The van der Waals surface area contributed by atoms with Crippen LogP contribution in [0.3, 0.4) is 0 Å². The van der Waals surface area contributed by atoms with Gasteiger partial charge in [-0.1, -0.05) is 12.1 Å². The Morgan fingerprint density at radius 1 is 1.00 bits per heavy atom. The van der Waals surface area contributed by atoms with Gasteiger partial charge in [0.15, 0.2) is 0 Å². The molecule has 2 aromatic rings. The molecule has 1 unspecified atom stereocenters. The Kier molecular flexibility index (Phi) is 6.31. The Balaban J connectivity index is 1.80. The molecule has 2 N–H and O–H groups in total. The number of methoxy groups -OCH3 is 2. The number of ether oxygens (including phenoxy) is 3. The second kappa shape index (κ2) is 8.67. The average molecular weight is 330 g/mol. The molecule has 0 saturated carbocycles. The second-order valence-electron chi connectivity index (χ2n) is 5.19. The fraction of sp³-hybridized carbons (Fsp3) is 0.278. The van der Waals surface area contributed by atoms with Crippen LogP contribution in [0.15, 0.2) is 48.5 Å². The van der Waals surface area contributed by atoms with Crippen LogP contribution in [0.5, 0.6) is 17.2 Å². The van der Waals surface area contributed by atoms with Crippen molar-refractivity contribution < 1.29 is 19.0 Å². The molecule has 0 saturated heterocycles. The van der Waals surface area contributed by atoms with E-state index in [1.165, 1.54) is 0 Å². The van der Waals surface area contributed by atoms with Gasteiger partial charge in [0.2, 0.25) is 0 Å². The predicted molar refractivity (Wildman–Crippen MR) is 93.1 cm³/mol. The molecular weight excluding hydrogens is 308 g/mol. The molecular formula is C18H22N2O4. The van der Waals surface area contributed by atoms with Crippen LogP contribution < -0.4 is 24.8 Å². The van der Waals surface area contributed by atoms with E-state index in [2.05, 4.69) is 10.6 Å². The van der Waals surface area contributed by atoms with E-state index in [4.69, 9.17) is 14.2 Å². The normalized spacial score (nSPS) is 11.3. The molecule has 24 heavy (non-hydrogen) atoms. The van der Waals surface area contributed by atoms with Crippen molar-refractivity contribution in [2.75, 3.05) is 26.1 Å². The molecule has 1 atom stereocenters. The van der Waals surface area contributed by atoms with Gasteiger partial charge >= 0.3 is 6.03 Å². The van der Waals surface area contributed by atoms with Crippen molar-refractivity contribution in [2.24, 2.45) is 0 Å². The molecule has 2 aromatic carbocycles. The van der Waals surface area contributed by atoms with Gasteiger partial charge in [0, 0.05) is 0 Å². The third-order valence-electron chi connectivity index (χ3n) is 3.29. The highest BCUT2D eigenvalue weighted by Crippen LogP contribution is 2.22. The minimum Gasteiger partial charge on any atom is -0.497 e. The van der Waals surface area contributed by atoms with Gasteiger partial charge in [-0.25, -0.2) is 4.79 Å². The summed E-state index contributed by atoms with van der Waals surface area (Å²) in [6.45, 7) is 2.22. The summed E-state index contributed by atoms with van der Waals surface area (Å²) in [5, 5.41) is 5.58. The fourth-order valence-electron chi connectivity index (χ4n) is 2.06. The Hall–Kier alpha value is -2.89. The van der Waals surface area contributed by atoms with Gasteiger partial charge in [-0.15, -0.1) is 0 Å². The molecule has 2 rings (SSSR count). The van der Waals surface area contributed by atoms with Gasteiger partial charge in [-0.05, 0) is 43.3 Å². The maximum absolute atomic E-state index is 12.0. The zero-order valence-corrected chi connectivity index (χ0v) is 14.0. The minimum absolute atomic E-state index is 0.165. The van der Waals surface area contributed by atoms with Crippen LogP contribution >= 0.6 is 0 Å². The van der Waals surface area contributed by atoms with Gasteiger partial charge in [0.1, 0.15) is 23.9 Å². The lowest BCUT2D eigenvalue weighted by Crippen LogP contribution is -2.39. The van der Waals surface area contributed by atoms with Crippen molar-refractivity contribution in [3.8, 4) is 17.2 Å². The van der Waals surface area contributed by atoms with E-state index in [9.17, 15) is 4.79 Å². The third-order valence-corrected chi connectivity index (χ3v) is 3.29. The first-order valence-electron chi connectivity index (χ1n) is 7.59. The first kappa shape index (κ1) is 17.5. The Labute approximate surface area is 141 Å². The Morgan fingerprint density at radius 3 is 2.33 bits per heavy atom. The summed E-state index contributed by atoms with van der Waals surface area (Å²) < 4.78 is 15.9. The van der Waals surface area contributed by atoms with Gasteiger partial charge < -0.3 is 24.8 Å². The van der Waals surface area contributed by atoms with E-state index in [0.717, 1.165) is 11.5 Å². The monoisotopic (exact) mass is 330 g/mol. The molecule has 128 valence electrons. The van der Waals surface area contributed by atoms with Crippen LogP contribution in [0.1, 0.15) is 6.92 Å². The number of amides is 2. The average Bonchev–Trinajstić information content (AvgIpc) is 2.60. The molecule has 2 amide bonds. The molecule has 0 heterocycles. The maximum atomic E-state index is 12.0. The van der Waals surface area contributed by atoms with Crippen LogP contribution in [0.25, 0.3) is 0 Å². The lowest BCUT2D eigenvalue weighted by Gasteiger charge is -2.16. The zero-order chi connectivity index (χ0) is 17.4. The van der Waals surface area contributed by atoms with Crippen molar-refractivity contribution in [1.29, 1.82) is 0 Å². The van der Waals surface area contributed by atoms with E-state index < -0.39 is 0 Å². The highest BCUT2D eigenvalue weighted by atomic mass is 16.5. The predicted octanol–water partition coefficient (Wildman–Crippen LogP) is 3.29. The molecule has 0 aliphatic heterocycles. The number of urea groups is 1. The summed E-state index contributed by atoms with van der Waals surface area (Å²) in [5.41, 5.74) is 0.612. The number of rotatable bonds is 7. The quantitative estimate of drug-likeness (QED) is 0.817. The molecule has 6 nitrogen and oxygen atoms in total. The number of hydrogen-bond acceptors (Lipinski definition) is 4. The van der Waals surface area contributed by atoms with Crippen LogP contribution in [0.2, 0.25) is 0 Å². The summed E-state index contributed by atoms with van der Waals surface area (Å²) in [6, 6.07) is 14.0. The van der Waals surface area contributed by atoms with Crippen molar-refractivity contribution in [3.63, 3.8) is 0 Å². The minimum atomic E-state index is -0.315. The lowest BCUT2D eigenvalue weighted by atomic mass is 10.3. The lowest BCUT2D eigenvalue weighted by molar-refractivity contribution is 0.236. The second-order valence-corrected chi connectivity index (χ2v) is 5.19. The number of benzene rings is 2. The highest BCUT2D eigenvalue weighted by Gasteiger charge is 2.10. The number of nitrogens with one attached hydrogen (secondary N) is 2. The van der Waals surface area contributed by atoms with E-state index in [1.807, 2.05) is 43.3 Å². The van der Waals surface area contributed by atoms with Crippen molar-refractivity contribution >= 4 is 11.7 Å².